The molecule has 1 aromatic carbocycles. The molecule has 1 amide bonds. The largest absolute Gasteiger partial charge is 0.468 e. The van der Waals surface area contributed by atoms with Crippen LogP contribution in [0.4, 0.5) is 0 Å². The van der Waals surface area contributed by atoms with Gasteiger partial charge in [0, 0.05) is 19.2 Å². The number of hydrogen-bond donors (Lipinski definition) is 1. The Morgan fingerprint density at radius 3 is 2.46 bits per heavy atom. The Morgan fingerprint density at radius 2 is 1.92 bits per heavy atom. The summed E-state index contributed by atoms with van der Waals surface area (Å²) in [6.07, 6.45) is 1.67. The highest BCUT2D eigenvalue weighted by Crippen LogP contribution is 2.20. The third-order valence-electron chi connectivity index (χ3n) is 4.11. The number of nitrogens with zero attached hydrogens (tertiary/aromatic N) is 1. The van der Waals surface area contributed by atoms with E-state index >= 15 is 0 Å². The van der Waals surface area contributed by atoms with Crippen LogP contribution in [0.25, 0.3) is 0 Å². The van der Waals surface area contributed by atoms with Crippen molar-refractivity contribution in [3.8, 4) is 0 Å². The Balaban J connectivity index is 2.01. The molecular formula is C19H26N2O3. The number of benzene rings is 1. The van der Waals surface area contributed by atoms with E-state index in [0.29, 0.717) is 18.7 Å². The Bertz CT molecular complexity index is 604. The Kier molecular flexibility index (Phi) is 7.03. The summed E-state index contributed by atoms with van der Waals surface area (Å²) in [5, 5.41) is 3.02. The zero-order valence-corrected chi connectivity index (χ0v) is 14.6. The van der Waals surface area contributed by atoms with Crippen molar-refractivity contribution >= 4 is 5.91 Å². The minimum Gasteiger partial charge on any atom is -0.468 e. The predicted octanol–water partition coefficient (Wildman–Crippen LogP) is 3.24. The van der Waals surface area contributed by atoms with Crippen LogP contribution in [0.5, 0.6) is 0 Å². The van der Waals surface area contributed by atoms with Gasteiger partial charge in [0.1, 0.15) is 5.76 Å². The summed E-state index contributed by atoms with van der Waals surface area (Å²) in [7, 11) is 1.66. The number of rotatable bonds is 9. The third-order valence-corrected chi connectivity index (χ3v) is 4.11. The molecule has 1 heterocycles. The average Bonchev–Trinajstić information content (AvgIpc) is 3.13. The van der Waals surface area contributed by atoms with Gasteiger partial charge in [-0.25, -0.2) is 0 Å². The summed E-state index contributed by atoms with van der Waals surface area (Å²) in [6, 6.07) is 11.3. The fourth-order valence-electron chi connectivity index (χ4n) is 2.77. The first-order valence-electron chi connectivity index (χ1n) is 8.33. The van der Waals surface area contributed by atoms with Gasteiger partial charge >= 0.3 is 0 Å². The Morgan fingerprint density at radius 1 is 1.21 bits per heavy atom. The van der Waals surface area contributed by atoms with Gasteiger partial charge in [-0.3, -0.25) is 9.69 Å². The standard InChI is InChI=1S/C19H26N2O3/c1-4-21(5-2)17(18-7-6-12-24-18)13-20-19(22)16-10-8-15(9-11-16)14-23-3/h6-12,17H,4-5,13-14H2,1-3H3,(H,20,22)/t17-/m1/s1. The number of methoxy groups -OCH3 is 1. The molecule has 5 nitrogen and oxygen atoms in total. The highest BCUT2D eigenvalue weighted by atomic mass is 16.5. The van der Waals surface area contributed by atoms with Crippen LogP contribution < -0.4 is 5.32 Å². The summed E-state index contributed by atoms with van der Waals surface area (Å²) in [4.78, 5) is 14.7. The van der Waals surface area contributed by atoms with Gasteiger partial charge in [-0.05, 0) is 42.9 Å². The molecule has 0 saturated heterocycles. The number of carbonyl (C=O) groups excluding carboxylic acids is 1. The lowest BCUT2D eigenvalue weighted by Gasteiger charge is -2.28. The number of likely N-dealkylation sites (N-methyl/N-ethyl adjacent to an activating group) is 1. The summed E-state index contributed by atoms with van der Waals surface area (Å²) < 4.78 is 10.6. The van der Waals surface area contributed by atoms with Gasteiger partial charge in [0.05, 0.1) is 18.9 Å². The average molecular weight is 330 g/mol. The van der Waals surface area contributed by atoms with E-state index in [2.05, 4.69) is 24.1 Å². The van der Waals surface area contributed by atoms with E-state index in [1.165, 1.54) is 0 Å². The van der Waals surface area contributed by atoms with Crippen LogP contribution in [0.2, 0.25) is 0 Å². The Hall–Kier alpha value is -2.11. The van der Waals surface area contributed by atoms with Gasteiger partial charge in [-0.15, -0.1) is 0 Å². The van der Waals surface area contributed by atoms with Gasteiger partial charge in [-0.1, -0.05) is 26.0 Å². The molecule has 0 fully saturated rings. The number of furan rings is 1. The SMILES string of the molecule is CCN(CC)[C@H](CNC(=O)c1ccc(COC)cc1)c1ccco1. The van der Waals surface area contributed by atoms with Crippen molar-refractivity contribution in [2.45, 2.75) is 26.5 Å². The van der Waals surface area contributed by atoms with E-state index in [9.17, 15) is 4.79 Å². The van der Waals surface area contributed by atoms with E-state index < -0.39 is 0 Å². The van der Waals surface area contributed by atoms with Gasteiger partial charge in [-0.2, -0.15) is 0 Å². The van der Waals surface area contributed by atoms with Crippen molar-refractivity contribution in [1.82, 2.24) is 10.2 Å². The van der Waals surface area contributed by atoms with Crippen LogP contribution >= 0.6 is 0 Å². The first-order valence-corrected chi connectivity index (χ1v) is 8.33. The molecule has 2 aromatic rings. The van der Waals surface area contributed by atoms with E-state index in [1.54, 1.807) is 13.4 Å². The summed E-state index contributed by atoms with van der Waals surface area (Å²) >= 11 is 0. The van der Waals surface area contributed by atoms with Gasteiger partial charge in [0.25, 0.3) is 5.91 Å². The van der Waals surface area contributed by atoms with Gasteiger partial charge in [0.15, 0.2) is 0 Å². The molecule has 0 aliphatic carbocycles. The number of nitrogens with one attached hydrogen (secondary N) is 1. The van der Waals surface area contributed by atoms with Crippen molar-refractivity contribution in [3.05, 3.63) is 59.5 Å². The smallest absolute Gasteiger partial charge is 0.251 e. The Labute approximate surface area is 143 Å². The first-order chi connectivity index (χ1) is 11.7. The highest BCUT2D eigenvalue weighted by molar-refractivity contribution is 5.94. The lowest BCUT2D eigenvalue weighted by molar-refractivity contribution is 0.0929. The number of amides is 1. The summed E-state index contributed by atoms with van der Waals surface area (Å²) in [6.45, 7) is 7.05. The number of ether oxygens (including phenoxy) is 1. The molecule has 0 spiro atoms. The maximum absolute atomic E-state index is 12.4. The molecule has 130 valence electrons. The van der Waals surface area contributed by atoms with Crippen LogP contribution in [-0.2, 0) is 11.3 Å². The molecule has 0 radical (unpaired) electrons. The summed E-state index contributed by atoms with van der Waals surface area (Å²) in [5.74, 6) is 0.789. The van der Waals surface area contributed by atoms with Gasteiger partial charge in [0.2, 0.25) is 0 Å². The second-order valence-electron chi connectivity index (χ2n) is 5.59. The maximum atomic E-state index is 12.4. The molecule has 24 heavy (non-hydrogen) atoms. The lowest BCUT2D eigenvalue weighted by atomic mass is 10.1. The quantitative estimate of drug-likeness (QED) is 0.767. The topological polar surface area (TPSA) is 54.7 Å². The normalized spacial score (nSPS) is 12.3. The van der Waals surface area contributed by atoms with Crippen molar-refractivity contribution in [3.63, 3.8) is 0 Å². The van der Waals surface area contributed by atoms with Gasteiger partial charge < -0.3 is 14.5 Å². The minimum absolute atomic E-state index is 0.0340. The molecule has 0 aliphatic rings. The zero-order chi connectivity index (χ0) is 17.4. The minimum atomic E-state index is -0.0809. The van der Waals surface area contributed by atoms with E-state index in [-0.39, 0.29) is 11.9 Å². The highest BCUT2D eigenvalue weighted by Gasteiger charge is 2.21. The molecular weight excluding hydrogens is 304 g/mol. The molecule has 0 aliphatic heterocycles. The number of carbonyl (C=O) groups is 1. The second-order valence-corrected chi connectivity index (χ2v) is 5.59. The zero-order valence-electron chi connectivity index (χ0n) is 14.6. The van der Waals surface area contributed by atoms with Crippen molar-refractivity contribution in [1.29, 1.82) is 0 Å². The van der Waals surface area contributed by atoms with Crippen molar-refractivity contribution in [2.24, 2.45) is 0 Å². The molecule has 1 aromatic heterocycles. The van der Waals surface area contributed by atoms with Crippen LogP contribution in [0.3, 0.4) is 0 Å². The lowest BCUT2D eigenvalue weighted by Crippen LogP contribution is -2.37. The fraction of sp³-hybridized carbons (Fsp3) is 0.421. The first kappa shape index (κ1) is 18.2. The molecule has 1 N–H and O–H groups in total. The number of hydrogen-bond acceptors (Lipinski definition) is 4. The fourth-order valence-corrected chi connectivity index (χ4v) is 2.77. The molecule has 2 rings (SSSR count). The predicted molar refractivity (Wildman–Crippen MR) is 93.9 cm³/mol. The third kappa shape index (κ3) is 4.69. The van der Waals surface area contributed by atoms with Crippen molar-refractivity contribution < 1.29 is 13.9 Å². The molecule has 0 bridgehead atoms. The monoisotopic (exact) mass is 330 g/mol. The molecule has 5 heteroatoms. The maximum Gasteiger partial charge on any atom is 0.251 e. The van der Waals surface area contributed by atoms with Crippen LogP contribution in [0.1, 0.15) is 41.6 Å². The van der Waals surface area contributed by atoms with E-state index in [0.717, 1.165) is 24.4 Å². The van der Waals surface area contributed by atoms with Crippen LogP contribution in [0, 0.1) is 0 Å². The molecule has 0 unspecified atom stereocenters. The summed E-state index contributed by atoms with van der Waals surface area (Å²) in [5.41, 5.74) is 1.69. The van der Waals surface area contributed by atoms with Crippen LogP contribution in [-0.4, -0.2) is 37.6 Å². The van der Waals surface area contributed by atoms with Crippen molar-refractivity contribution in [2.75, 3.05) is 26.7 Å². The second kappa shape index (κ2) is 9.25. The van der Waals surface area contributed by atoms with E-state index in [4.69, 9.17) is 9.15 Å². The molecule has 1 atom stereocenters. The molecule has 0 saturated carbocycles. The van der Waals surface area contributed by atoms with E-state index in [1.807, 2.05) is 36.4 Å². The van der Waals surface area contributed by atoms with Crippen LogP contribution in [0.15, 0.2) is 47.1 Å².